The third-order valence-corrected chi connectivity index (χ3v) is 3.38. The lowest BCUT2D eigenvalue weighted by Gasteiger charge is -2.46. The van der Waals surface area contributed by atoms with Gasteiger partial charge < -0.3 is 36.0 Å². The van der Waals surface area contributed by atoms with Gasteiger partial charge >= 0.3 is 5.97 Å². The molecule has 0 aromatic heterocycles. The molecule has 122 valence electrons. The molecule has 6 atom stereocenters. The second kappa shape index (κ2) is 7.11. The molecule has 10 heteroatoms. The molecule has 0 spiro atoms. The molecule has 0 aromatic rings. The summed E-state index contributed by atoms with van der Waals surface area (Å²) in [6.07, 6.45) is -5.66. The summed E-state index contributed by atoms with van der Waals surface area (Å²) in [6, 6.07) is -2.93. The molecule has 1 aliphatic rings. The quantitative estimate of drug-likeness (QED) is 0.296. The molecule has 1 aliphatic heterocycles. The van der Waals surface area contributed by atoms with Gasteiger partial charge in [0.2, 0.25) is 5.91 Å². The lowest BCUT2D eigenvalue weighted by molar-refractivity contribution is -0.233. The zero-order valence-corrected chi connectivity index (χ0v) is 11.4. The number of aliphatic carboxylic acids is 1. The molecular formula is C11H20N2O8. The topological polar surface area (TPSA) is 174 Å². The predicted molar refractivity (Wildman–Crippen MR) is 66.8 cm³/mol. The minimum atomic E-state index is -1.62. The number of nitrogens with two attached hydrogens (primary N) is 1. The van der Waals surface area contributed by atoms with E-state index in [0.717, 1.165) is 6.92 Å². The van der Waals surface area contributed by atoms with Crippen LogP contribution in [0.15, 0.2) is 0 Å². The normalized spacial score (nSPS) is 34.3. The highest BCUT2D eigenvalue weighted by molar-refractivity contribution is 5.82. The van der Waals surface area contributed by atoms with E-state index in [-0.39, 0.29) is 0 Å². The minimum Gasteiger partial charge on any atom is -0.480 e. The first-order chi connectivity index (χ1) is 9.76. The fourth-order valence-electron chi connectivity index (χ4n) is 2.23. The van der Waals surface area contributed by atoms with Crippen molar-refractivity contribution in [2.75, 3.05) is 13.2 Å². The SMILES string of the molecule is CC(=O)N(C(CO)C(=O)O)C1O[C@H](CO)[C@@H](O)[C@H](O)[C@H]1N. The monoisotopic (exact) mass is 308 g/mol. The third kappa shape index (κ3) is 3.48. The second-order valence-corrected chi connectivity index (χ2v) is 4.77. The van der Waals surface area contributed by atoms with Crippen molar-refractivity contribution in [1.29, 1.82) is 0 Å². The fraction of sp³-hybridized carbons (Fsp3) is 0.818. The van der Waals surface area contributed by atoms with E-state index in [4.69, 9.17) is 25.8 Å². The van der Waals surface area contributed by atoms with Crippen molar-refractivity contribution >= 4 is 11.9 Å². The van der Waals surface area contributed by atoms with Crippen molar-refractivity contribution in [1.82, 2.24) is 4.90 Å². The van der Waals surface area contributed by atoms with E-state index in [0.29, 0.717) is 4.90 Å². The van der Waals surface area contributed by atoms with Gasteiger partial charge in [0.15, 0.2) is 12.3 Å². The van der Waals surface area contributed by atoms with Gasteiger partial charge in [-0.2, -0.15) is 0 Å². The number of hydrogen-bond acceptors (Lipinski definition) is 8. The fourth-order valence-corrected chi connectivity index (χ4v) is 2.23. The molecular weight excluding hydrogens is 288 g/mol. The first-order valence-electron chi connectivity index (χ1n) is 6.26. The van der Waals surface area contributed by atoms with Crippen LogP contribution in [0.4, 0.5) is 0 Å². The largest absolute Gasteiger partial charge is 0.480 e. The number of amides is 1. The van der Waals surface area contributed by atoms with Crippen molar-refractivity contribution in [2.45, 2.75) is 43.5 Å². The molecule has 21 heavy (non-hydrogen) atoms. The number of ether oxygens (including phenoxy) is 1. The van der Waals surface area contributed by atoms with Crippen molar-refractivity contribution < 1.29 is 39.9 Å². The Hall–Kier alpha value is -1.30. The van der Waals surface area contributed by atoms with Crippen LogP contribution in [0.5, 0.6) is 0 Å². The zero-order chi connectivity index (χ0) is 16.3. The Balaban J connectivity index is 3.11. The Morgan fingerprint density at radius 3 is 2.24 bits per heavy atom. The first-order valence-corrected chi connectivity index (χ1v) is 6.26. The lowest BCUT2D eigenvalue weighted by atomic mass is 9.95. The van der Waals surface area contributed by atoms with Crippen molar-refractivity contribution in [2.24, 2.45) is 5.73 Å². The number of carbonyl (C=O) groups excluding carboxylic acids is 1. The Kier molecular flexibility index (Phi) is 6.01. The maximum Gasteiger partial charge on any atom is 0.328 e. The Morgan fingerprint density at radius 1 is 1.29 bits per heavy atom. The number of nitrogens with zero attached hydrogens (tertiary/aromatic N) is 1. The molecule has 2 unspecified atom stereocenters. The van der Waals surface area contributed by atoms with E-state index in [2.05, 4.69) is 0 Å². The van der Waals surface area contributed by atoms with Gasteiger partial charge in [0.1, 0.15) is 18.3 Å². The van der Waals surface area contributed by atoms with Gasteiger partial charge in [-0.15, -0.1) is 0 Å². The number of hydrogen-bond donors (Lipinski definition) is 6. The molecule has 1 fully saturated rings. The number of carbonyl (C=O) groups is 2. The summed E-state index contributed by atoms with van der Waals surface area (Å²) >= 11 is 0. The van der Waals surface area contributed by atoms with Gasteiger partial charge in [-0.3, -0.25) is 9.69 Å². The molecule has 1 saturated heterocycles. The minimum absolute atomic E-state index is 0.663. The van der Waals surface area contributed by atoms with Gasteiger partial charge in [-0.25, -0.2) is 4.79 Å². The van der Waals surface area contributed by atoms with Crippen LogP contribution in [0.2, 0.25) is 0 Å². The Morgan fingerprint density at radius 2 is 1.86 bits per heavy atom. The molecule has 0 bridgehead atoms. The van der Waals surface area contributed by atoms with Crippen LogP contribution in [-0.4, -0.2) is 92.1 Å². The summed E-state index contributed by atoms with van der Waals surface area (Å²) in [4.78, 5) is 23.5. The van der Waals surface area contributed by atoms with Gasteiger partial charge in [-0.05, 0) is 0 Å². The summed E-state index contributed by atoms with van der Waals surface area (Å²) in [5.41, 5.74) is 5.68. The first kappa shape index (κ1) is 17.8. The molecule has 1 rings (SSSR count). The molecule has 7 N–H and O–H groups in total. The summed E-state index contributed by atoms with van der Waals surface area (Å²) < 4.78 is 5.23. The van der Waals surface area contributed by atoms with E-state index in [9.17, 15) is 19.8 Å². The van der Waals surface area contributed by atoms with E-state index >= 15 is 0 Å². The van der Waals surface area contributed by atoms with Gasteiger partial charge in [0, 0.05) is 6.92 Å². The molecule has 0 saturated carbocycles. The Labute approximate surface area is 120 Å². The van der Waals surface area contributed by atoms with Crippen LogP contribution < -0.4 is 5.73 Å². The number of carboxylic acids is 1. The van der Waals surface area contributed by atoms with E-state index < -0.39 is 61.7 Å². The van der Waals surface area contributed by atoms with Gasteiger partial charge in [0.05, 0.1) is 19.3 Å². The van der Waals surface area contributed by atoms with Crippen molar-refractivity contribution in [3.8, 4) is 0 Å². The number of carboxylic acid groups (broad SMARTS) is 1. The molecule has 1 heterocycles. The van der Waals surface area contributed by atoms with Crippen LogP contribution in [-0.2, 0) is 14.3 Å². The number of rotatable bonds is 5. The van der Waals surface area contributed by atoms with Gasteiger partial charge in [0.25, 0.3) is 0 Å². The average molecular weight is 308 g/mol. The molecule has 0 aromatic carbocycles. The Bertz CT molecular complexity index is 390. The van der Waals surface area contributed by atoms with Crippen LogP contribution >= 0.6 is 0 Å². The smallest absolute Gasteiger partial charge is 0.328 e. The van der Waals surface area contributed by atoms with Crippen molar-refractivity contribution in [3.05, 3.63) is 0 Å². The van der Waals surface area contributed by atoms with E-state index in [1.807, 2.05) is 0 Å². The third-order valence-electron chi connectivity index (χ3n) is 3.38. The van der Waals surface area contributed by atoms with Gasteiger partial charge in [-0.1, -0.05) is 0 Å². The van der Waals surface area contributed by atoms with Crippen LogP contribution in [0.25, 0.3) is 0 Å². The van der Waals surface area contributed by atoms with Crippen molar-refractivity contribution in [3.63, 3.8) is 0 Å². The lowest BCUT2D eigenvalue weighted by Crippen LogP contribution is -2.69. The summed E-state index contributed by atoms with van der Waals surface area (Å²) in [5.74, 6) is -2.23. The molecule has 10 nitrogen and oxygen atoms in total. The zero-order valence-electron chi connectivity index (χ0n) is 11.4. The second-order valence-electron chi connectivity index (χ2n) is 4.77. The summed E-state index contributed by atoms with van der Waals surface area (Å²) in [6.45, 7) is -0.499. The van der Waals surface area contributed by atoms with Crippen LogP contribution in [0.3, 0.4) is 0 Å². The van der Waals surface area contributed by atoms with E-state index in [1.54, 1.807) is 0 Å². The summed E-state index contributed by atoms with van der Waals surface area (Å²) in [5, 5.41) is 46.8. The van der Waals surface area contributed by atoms with Crippen LogP contribution in [0.1, 0.15) is 6.92 Å². The van der Waals surface area contributed by atoms with Crippen LogP contribution in [0, 0.1) is 0 Å². The highest BCUT2D eigenvalue weighted by atomic mass is 16.5. The maximum absolute atomic E-state index is 11.7. The molecule has 0 radical (unpaired) electrons. The predicted octanol–water partition coefficient (Wildman–Crippen LogP) is -3.95. The average Bonchev–Trinajstić information content (AvgIpc) is 2.42. The molecule has 0 aliphatic carbocycles. The molecule has 1 amide bonds. The number of aliphatic hydroxyl groups excluding tert-OH is 4. The summed E-state index contributed by atoms with van der Waals surface area (Å²) in [7, 11) is 0. The van der Waals surface area contributed by atoms with E-state index in [1.165, 1.54) is 0 Å². The highest BCUT2D eigenvalue weighted by Crippen LogP contribution is 2.24. The number of aliphatic hydroxyl groups is 4. The highest BCUT2D eigenvalue weighted by Gasteiger charge is 2.48. The standard InChI is InChI=1S/C11H20N2O8/c1-4(16)13(5(2-14)11(19)20)10-7(12)9(18)8(17)6(3-15)21-10/h5-10,14-15,17-18H,2-3,12H2,1H3,(H,19,20)/t5?,6-,7-,8-,9-,10?/m1/s1. The maximum atomic E-state index is 11.7.